The Labute approximate surface area is 107 Å². The molecule has 0 amide bonds. The predicted octanol–water partition coefficient (Wildman–Crippen LogP) is 3.20. The average molecular weight is 253 g/mol. The second-order valence-electron chi connectivity index (χ2n) is 4.61. The zero-order valence-corrected chi connectivity index (χ0v) is 10.9. The molecule has 2 unspecified atom stereocenters. The highest BCUT2D eigenvalue weighted by molar-refractivity contribution is 5.57. The molecule has 1 aliphatic rings. The summed E-state index contributed by atoms with van der Waals surface area (Å²) in [5, 5.41) is 3.42. The number of methoxy groups -OCH3 is 1. The first kappa shape index (κ1) is 13.1. The molecule has 0 saturated carbocycles. The lowest BCUT2D eigenvalue weighted by molar-refractivity contribution is 0.00922. The number of nitrogens with one attached hydrogen (secondary N) is 1. The van der Waals surface area contributed by atoms with Crippen molar-refractivity contribution in [1.82, 2.24) is 0 Å². The number of halogens is 1. The van der Waals surface area contributed by atoms with Gasteiger partial charge >= 0.3 is 0 Å². The molecule has 3 nitrogen and oxygen atoms in total. The van der Waals surface area contributed by atoms with Crippen LogP contribution < -0.4 is 10.1 Å². The van der Waals surface area contributed by atoms with E-state index in [1.165, 1.54) is 12.1 Å². The smallest absolute Gasteiger partial charge is 0.144 e. The molecular formula is C14H20FNO2. The Bertz CT molecular complexity index is 397. The van der Waals surface area contributed by atoms with Crippen molar-refractivity contribution in [3.05, 3.63) is 24.0 Å². The van der Waals surface area contributed by atoms with Crippen LogP contribution in [0.1, 0.15) is 26.2 Å². The highest BCUT2D eigenvalue weighted by Crippen LogP contribution is 2.28. The molecule has 1 aromatic carbocycles. The Morgan fingerprint density at radius 3 is 3.06 bits per heavy atom. The summed E-state index contributed by atoms with van der Waals surface area (Å²) in [6.07, 6.45) is 3.30. The zero-order chi connectivity index (χ0) is 13.0. The fraction of sp³-hybridized carbons (Fsp3) is 0.571. The van der Waals surface area contributed by atoms with Crippen LogP contribution in [-0.4, -0.2) is 25.9 Å². The molecule has 18 heavy (non-hydrogen) atoms. The van der Waals surface area contributed by atoms with E-state index >= 15 is 0 Å². The number of hydrogen-bond acceptors (Lipinski definition) is 3. The number of anilines is 1. The fourth-order valence-corrected chi connectivity index (χ4v) is 2.30. The van der Waals surface area contributed by atoms with E-state index in [9.17, 15) is 4.39 Å². The molecule has 1 fully saturated rings. The SMILES string of the molecule is CCC1CC(Nc2ccc(F)cc2OC)CCO1. The van der Waals surface area contributed by atoms with Gasteiger partial charge < -0.3 is 14.8 Å². The summed E-state index contributed by atoms with van der Waals surface area (Å²) in [7, 11) is 1.55. The highest BCUT2D eigenvalue weighted by Gasteiger charge is 2.21. The van der Waals surface area contributed by atoms with E-state index in [1.807, 2.05) is 0 Å². The summed E-state index contributed by atoms with van der Waals surface area (Å²) < 4.78 is 23.9. The van der Waals surface area contributed by atoms with Crippen LogP contribution in [0.4, 0.5) is 10.1 Å². The zero-order valence-electron chi connectivity index (χ0n) is 10.9. The molecule has 1 saturated heterocycles. The Kier molecular flexibility index (Phi) is 4.42. The van der Waals surface area contributed by atoms with Crippen molar-refractivity contribution < 1.29 is 13.9 Å². The van der Waals surface area contributed by atoms with Gasteiger partial charge in [-0.15, -0.1) is 0 Å². The quantitative estimate of drug-likeness (QED) is 0.893. The van der Waals surface area contributed by atoms with Crippen molar-refractivity contribution in [3.63, 3.8) is 0 Å². The van der Waals surface area contributed by atoms with Gasteiger partial charge in [-0.05, 0) is 31.4 Å². The normalized spacial score (nSPS) is 23.7. The maximum Gasteiger partial charge on any atom is 0.144 e. The molecule has 1 heterocycles. The molecule has 0 bridgehead atoms. The minimum atomic E-state index is -0.282. The van der Waals surface area contributed by atoms with Crippen molar-refractivity contribution >= 4 is 5.69 Å². The van der Waals surface area contributed by atoms with Crippen molar-refractivity contribution in [1.29, 1.82) is 0 Å². The summed E-state index contributed by atoms with van der Waals surface area (Å²) in [5.41, 5.74) is 0.848. The van der Waals surface area contributed by atoms with E-state index < -0.39 is 0 Å². The molecule has 4 heteroatoms. The van der Waals surface area contributed by atoms with Gasteiger partial charge in [-0.1, -0.05) is 6.92 Å². The molecule has 1 N–H and O–H groups in total. The lowest BCUT2D eigenvalue weighted by Gasteiger charge is -2.30. The largest absolute Gasteiger partial charge is 0.494 e. The van der Waals surface area contributed by atoms with E-state index in [1.54, 1.807) is 13.2 Å². The maximum absolute atomic E-state index is 13.1. The summed E-state index contributed by atoms with van der Waals surface area (Å²) >= 11 is 0. The van der Waals surface area contributed by atoms with E-state index in [0.29, 0.717) is 17.9 Å². The number of ether oxygens (including phenoxy) is 2. The van der Waals surface area contributed by atoms with E-state index in [0.717, 1.165) is 31.6 Å². The first-order valence-corrected chi connectivity index (χ1v) is 6.44. The van der Waals surface area contributed by atoms with Gasteiger partial charge in [0, 0.05) is 18.7 Å². The molecule has 1 aliphatic heterocycles. The van der Waals surface area contributed by atoms with Gasteiger partial charge in [-0.3, -0.25) is 0 Å². The molecule has 0 radical (unpaired) electrons. The number of hydrogen-bond donors (Lipinski definition) is 1. The minimum Gasteiger partial charge on any atom is -0.494 e. The molecule has 1 aromatic rings. The Balaban J connectivity index is 2.04. The van der Waals surface area contributed by atoms with Crippen molar-refractivity contribution in [2.75, 3.05) is 19.0 Å². The number of rotatable bonds is 4. The molecule has 0 aliphatic carbocycles. The van der Waals surface area contributed by atoms with Crippen LogP contribution in [0, 0.1) is 5.82 Å². The second kappa shape index (κ2) is 6.05. The van der Waals surface area contributed by atoms with Crippen LogP contribution in [-0.2, 0) is 4.74 Å². The summed E-state index contributed by atoms with van der Waals surface area (Å²) in [6, 6.07) is 4.94. The van der Waals surface area contributed by atoms with Crippen LogP contribution in [0.5, 0.6) is 5.75 Å². The summed E-state index contributed by atoms with van der Waals surface area (Å²) in [4.78, 5) is 0. The molecule has 0 aromatic heterocycles. The van der Waals surface area contributed by atoms with Gasteiger partial charge in [0.15, 0.2) is 0 Å². The summed E-state index contributed by atoms with van der Waals surface area (Å²) in [6.45, 7) is 2.91. The maximum atomic E-state index is 13.1. The molecule has 0 spiro atoms. The van der Waals surface area contributed by atoms with Crippen LogP contribution in [0.15, 0.2) is 18.2 Å². The third kappa shape index (κ3) is 3.13. The van der Waals surface area contributed by atoms with Gasteiger partial charge in [-0.2, -0.15) is 0 Å². The topological polar surface area (TPSA) is 30.5 Å². The third-order valence-corrected chi connectivity index (χ3v) is 3.35. The van der Waals surface area contributed by atoms with Crippen LogP contribution >= 0.6 is 0 Å². The third-order valence-electron chi connectivity index (χ3n) is 3.35. The van der Waals surface area contributed by atoms with Crippen LogP contribution in [0.2, 0.25) is 0 Å². The monoisotopic (exact) mass is 253 g/mol. The van der Waals surface area contributed by atoms with Crippen molar-refractivity contribution in [3.8, 4) is 5.75 Å². The fourth-order valence-electron chi connectivity index (χ4n) is 2.30. The van der Waals surface area contributed by atoms with Gasteiger partial charge in [0.25, 0.3) is 0 Å². The van der Waals surface area contributed by atoms with Crippen LogP contribution in [0.25, 0.3) is 0 Å². The summed E-state index contributed by atoms with van der Waals surface area (Å²) in [5.74, 6) is 0.269. The molecule has 2 rings (SSSR count). The Hall–Kier alpha value is -1.29. The van der Waals surface area contributed by atoms with Crippen LogP contribution in [0.3, 0.4) is 0 Å². The van der Waals surface area contributed by atoms with Gasteiger partial charge in [-0.25, -0.2) is 4.39 Å². The number of benzene rings is 1. The Morgan fingerprint density at radius 2 is 2.33 bits per heavy atom. The lowest BCUT2D eigenvalue weighted by atomic mass is 10.0. The molecular weight excluding hydrogens is 233 g/mol. The van der Waals surface area contributed by atoms with E-state index in [-0.39, 0.29) is 5.82 Å². The predicted molar refractivity (Wildman–Crippen MR) is 69.6 cm³/mol. The lowest BCUT2D eigenvalue weighted by Crippen LogP contribution is -2.33. The Morgan fingerprint density at radius 1 is 1.50 bits per heavy atom. The van der Waals surface area contributed by atoms with Gasteiger partial charge in [0.2, 0.25) is 0 Å². The van der Waals surface area contributed by atoms with Crippen molar-refractivity contribution in [2.24, 2.45) is 0 Å². The van der Waals surface area contributed by atoms with E-state index in [4.69, 9.17) is 9.47 Å². The first-order chi connectivity index (χ1) is 8.72. The molecule has 100 valence electrons. The molecule has 2 atom stereocenters. The van der Waals surface area contributed by atoms with Crippen molar-refractivity contribution in [2.45, 2.75) is 38.3 Å². The van der Waals surface area contributed by atoms with Gasteiger partial charge in [0.1, 0.15) is 11.6 Å². The van der Waals surface area contributed by atoms with Gasteiger partial charge in [0.05, 0.1) is 18.9 Å². The first-order valence-electron chi connectivity index (χ1n) is 6.44. The second-order valence-corrected chi connectivity index (χ2v) is 4.61. The highest BCUT2D eigenvalue weighted by atomic mass is 19.1. The van der Waals surface area contributed by atoms with E-state index in [2.05, 4.69) is 12.2 Å². The minimum absolute atomic E-state index is 0.282. The standard InChI is InChI=1S/C14H20FNO2/c1-3-12-9-11(6-7-18-12)16-13-5-4-10(15)8-14(13)17-2/h4-5,8,11-12,16H,3,6-7,9H2,1-2H3. The average Bonchev–Trinajstić information content (AvgIpc) is 2.41.